The van der Waals surface area contributed by atoms with E-state index in [2.05, 4.69) is 57.9 Å². The molecule has 1 aliphatic heterocycles. The second-order valence-corrected chi connectivity index (χ2v) is 6.90. The molecule has 3 heterocycles. The van der Waals surface area contributed by atoms with Crippen LogP contribution in [0.15, 0.2) is 47.3 Å². The molecule has 116 valence electrons. The van der Waals surface area contributed by atoms with E-state index in [-0.39, 0.29) is 0 Å². The summed E-state index contributed by atoms with van der Waals surface area (Å²) < 4.78 is 0. The van der Waals surface area contributed by atoms with Crippen molar-refractivity contribution in [2.75, 3.05) is 6.54 Å². The number of aryl methyl sites for hydroxylation is 1. The molecule has 0 fully saturated rings. The van der Waals surface area contributed by atoms with Gasteiger partial charge in [-0.25, -0.2) is 9.97 Å². The molecule has 4 rings (SSSR count). The van der Waals surface area contributed by atoms with Gasteiger partial charge in [-0.1, -0.05) is 29.8 Å². The SMILES string of the molecule is Cc1ccc(-c2ncc3c(n2)CN(Cc2ccsc2)CC3)cc1. The first kappa shape index (κ1) is 14.5. The van der Waals surface area contributed by atoms with Crippen LogP contribution in [0, 0.1) is 6.92 Å². The van der Waals surface area contributed by atoms with Crippen LogP contribution in [0.2, 0.25) is 0 Å². The van der Waals surface area contributed by atoms with Crippen LogP contribution < -0.4 is 0 Å². The third-order valence-corrected chi connectivity index (χ3v) is 5.05. The van der Waals surface area contributed by atoms with Gasteiger partial charge in [0.2, 0.25) is 0 Å². The summed E-state index contributed by atoms with van der Waals surface area (Å²) in [6.45, 7) is 5.09. The molecule has 0 aliphatic carbocycles. The molecule has 0 bridgehead atoms. The van der Waals surface area contributed by atoms with Gasteiger partial charge in [-0.2, -0.15) is 11.3 Å². The van der Waals surface area contributed by atoms with Gasteiger partial charge in [-0.05, 0) is 41.3 Å². The van der Waals surface area contributed by atoms with E-state index in [1.165, 1.54) is 22.4 Å². The largest absolute Gasteiger partial charge is 0.293 e. The van der Waals surface area contributed by atoms with Crippen molar-refractivity contribution in [3.63, 3.8) is 0 Å². The summed E-state index contributed by atoms with van der Waals surface area (Å²) in [5.41, 5.74) is 6.22. The molecule has 0 saturated heterocycles. The highest BCUT2D eigenvalue weighted by Crippen LogP contribution is 2.22. The molecule has 2 aromatic heterocycles. The Hall–Kier alpha value is -2.04. The molecule has 0 amide bonds. The lowest BCUT2D eigenvalue weighted by Gasteiger charge is -2.27. The van der Waals surface area contributed by atoms with E-state index in [1.54, 1.807) is 11.3 Å². The topological polar surface area (TPSA) is 29.0 Å². The predicted octanol–water partition coefficient (Wildman–Crippen LogP) is 4.07. The Morgan fingerprint density at radius 1 is 1.17 bits per heavy atom. The monoisotopic (exact) mass is 321 g/mol. The van der Waals surface area contributed by atoms with Crippen molar-refractivity contribution in [3.8, 4) is 11.4 Å². The zero-order chi connectivity index (χ0) is 15.6. The van der Waals surface area contributed by atoms with E-state index in [0.717, 1.165) is 37.4 Å². The first-order valence-corrected chi connectivity index (χ1v) is 8.87. The van der Waals surface area contributed by atoms with Crippen LogP contribution in [0.25, 0.3) is 11.4 Å². The smallest absolute Gasteiger partial charge is 0.159 e. The summed E-state index contributed by atoms with van der Waals surface area (Å²) in [5.74, 6) is 0.834. The second-order valence-electron chi connectivity index (χ2n) is 6.12. The third kappa shape index (κ3) is 3.19. The average molecular weight is 321 g/mol. The number of nitrogens with zero attached hydrogens (tertiary/aromatic N) is 3. The maximum Gasteiger partial charge on any atom is 0.159 e. The van der Waals surface area contributed by atoms with Crippen molar-refractivity contribution in [2.24, 2.45) is 0 Å². The average Bonchev–Trinajstić information content (AvgIpc) is 3.08. The zero-order valence-corrected chi connectivity index (χ0v) is 14.0. The molecule has 3 aromatic rings. The minimum atomic E-state index is 0.834. The number of hydrogen-bond donors (Lipinski definition) is 0. The fraction of sp³-hybridized carbons (Fsp3) is 0.263. The molecular formula is C19H19N3S. The Morgan fingerprint density at radius 3 is 2.83 bits per heavy atom. The summed E-state index contributed by atoms with van der Waals surface area (Å²) in [5, 5.41) is 4.37. The molecule has 0 saturated carbocycles. The molecule has 0 spiro atoms. The van der Waals surface area contributed by atoms with E-state index < -0.39 is 0 Å². The van der Waals surface area contributed by atoms with Crippen molar-refractivity contribution in [2.45, 2.75) is 26.4 Å². The fourth-order valence-electron chi connectivity index (χ4n) is 2.97. The minimum absolute atomic E-state index is 0.834. The highest BCUT2D eigenvalue weighted by molar-refractivity contribution is 7.07. The van der Waals surface area contributed by atoms with E-state index in [0.29, 0.717) is 0 Å². The molecular weight excluding hydrogens is 302 g/mol. The lowest BCUT2D eigenvalue weighted by atomic mass is 10.1. The molecule has 0 atom stereocenters. The quantitative estimate of drug-likeness (QED) is 0.728. The van der Waals surface area contributed by atoms with Crippen LogP contribution in [0.4, 0.5) is 0 Å². The van der Waals surface area contributed by atoms with Gasteiger partial charge >= 0.3 is 0 Å². The van der Waals surface area contributed by atoms with Crippen LogP contribution in [0.5, 0.6) is 0 Å². The van der Waals surface area contributed by atoms with Crippen molar-refractivity contribution >= 4 is 11.3 Å². The van der Waals surface area contributed by atoms with E-state index >= 15 is 0 Å². The highest BCUT2D eigenvalue weighted by atomic mass is 32.1. The summed E-state index contributed by atoms with van der Waals surface area (Å²) in [7, 11) is 0. The fourth-order valence-corrected chi connectivity index (χ4v) is 3.63. The van der Waals surface area contributed by atoms with Gasteiger partial charge in [0.25, 0.3) is 0 Å². The third-order valence-electron chi connectivity index (χ3n) is 4.32. The van der Waals surface area contributed by atoms with E-state index in [9.17, 15) is 0 Å². The Labute approximate surface area is 140 Å². The van der Waals surface area contributed by atoms with Crippen molar-refractivity contribution in [3.05, 3.63) is 69.7 Å². The summed E-state index contributed by atoms with van der Waals surface area (Å²) in [6, 6.07) is 10.6. The number of hydrogen-bond acceptors (Lipinski definition) is 4. The molecule has 23 heavy (non-hydrogen) atoms. The normalized spacial score (nSPS) is 14.7. The Morgan fingerprint density at radius 2 is 2.04 bits per heavy atom. The first-order chi connectivity index (χ1) is 11.3. The summed E-state index contributed by atoms with van der Waals surface area (Å²) >= 11 is 1.76. The maximum atomic E-state index is 4.84. The summed E-state index contributed by atoms with van der Waals surface area (Å²) in [6.07, 6.45) is 3.05. The molecule has 1 aromatic carbocycles. The Kier molecular flexibility index (Phi) is 3.93. The zero-order valence-electron chi connectivity index (χ0n) is 13.2. The van der Waals surface area contributed by atoms with Crippen molar-refractivity contribution in [1.29, 1.82) is 0 Å². The molecule has 0 unspecified atom stereocenters. The molecule has 4 heteroatoms. The number of thiophene rings is 1. The standard InChI is InChI=1S/C19H19N3S/c1-14-2-4-16(5-3-14)19-20-10-17-6-8-22(12-18(17)21-19)11-15-7-9-23-13-15/h2-5,7,9-10,13H,6,8,11-12H2,1H3. The van der Waals surface area contributed by atoms with Crippen LogP contribution >= 0.6 is 11.3 Å². The summed E-state index contributed by atoms with van der Waals surface area (Å²) in [4.78, 5) is 11.9. The molecule has 3 nitrogen and oxygen atoms in total. The maximum absolute atomic E-state index is 4.84. The van der Waals surface area contributed by atoms with Crippen molar-refractivity contribution < 1.29 is 0 Å². The lowest BCUT2D eigenvalue weighted by molar-refractivity contribution is 0.241. The first-order valence-electron chi connectivity index (χ1n) is 7.93. The van der Waals surface area contributed by atoms with Crippen LogP contribution in [-0.4, -0.2) is 21.4 Å². The van der Waals surface area contributed by atoms with Gasteiger partial charge < -0.3 is 0 Å². The van der Waals surface area contributed by atoms with Crippen LogP contribution in [-0.2, 0) is 19.5 Å². The van der Waals surface area contributed by atoms with Gasteiger partial charge in [-0.3, -0.25) is 4.90 Å². The highest BCUT2D eigenvalue weighted by Gasteiger charge is 2.19. The van der Waals surface area contributed by atoms with Gasteiger partial charge in [-0.15, -0.1) is 0 Å². The molecule has 0 radical (unpaired) electrons. The lowest BCUT2D eigenvalue weighted by Crippen LogP contribution is -2.30. The number of rotatable bonds is 3. The van der Waals surface area contributed by atoms with Crippen molar-refractivity contribution in [1.82, 2.24) is 14.9 Å². The molecule has 0 N–H and O–H groups in total. The Bertz CT molecular complexity index is 794. The van der Waals surface area contributed by atoms with Gasteiger partial charge in [0.1, 0.15) is 0 Å². The van der Waals surface area contributed by atoms with Crippen LogP contribution in [0.3, 0.4) is 0 Å². The van der Waals surface area contributed by atoms with E-state index in [1.807, 2.05) is 6.20 Å². The van der Waals surface area contributed by atoms with Gasteiger partial charge in [0.05, 0.1) is 5.69 Å². The second kappa shape index (κ2) is 6.22. The number of fused-ring (bicyclic) bond motifs is 1. The van der Waals surface area contributed by atoms with Gasteiger partial charge in [0, 0.05) is 31.4 Å². The van der Waals surface area contributed by atoms with Gasteiger partial charge in [0.15, 0.2) is 5.82 Å². The number of aromatic nitrogens is 2. The molecule has 1 aliphatic rings. The predicted molar refractivity (Wildman–Crippen MR) is 94.3 cm³/mol. The Balaban J connectivity index is 1.57. The van der Waals surface area contributed by atoms with E-state index in [4.69, 9.17) is 4.98 Å². The minimum Gasteiger partial charge on any atom is -0.293 e. The van der Waals surface area contributed by atoms with Crippen LogP contribution in [0.1, 0.15) is 22.4 Å². The number of benzene rings is 1.